The molecule has 2 nitrogen and oxygen atoms in total. The van der Waals surface area contributed by atoms with Crippen molar-refractivity contribution < 1.29 is 4.74 Å². The minimum absolute atomic E-state index is 0.628. The largest absolute Gasteiger partial charge is 0.494 e. The first kappa shape index (κ1) is 15.1. The molecule has 0 aliphatic heterocycles. The molecule has 1 heterocycles. The van der Waals surface area contributed by atoms with E-state index in [0.717, 1.165) is 28.3 Å². The van der Waals surface area contributed by atoms with Crippen LogP contribution in [0.5, 0.6) is 5.75 Å². The highest BCUT2D eigenvalue weighted by Gasteiger charge is 1.99. The summed E-state index contributed by atoms with van der Waals surface area (Å²) in [5, 5.41) is 1.02. The zero-order chi connectivity index (χ0) is 15.2. The van der Waals surface area contributed by atoms with Crippen molar-refractivity contribution in [3.8, 4) is 5.75 Å². The van der Waals surface area contributed by atoms with E-state index in [1.165, 1.54) is 4.70 Å². The number of benzene rings is 2. The van der Waals surface area contributed by atoms with Crippen LogP contribution in [0.4, 0.5) is 0 Å². The molecule has 0 fully saturated rings. The van der Waals surface area contributed by atoms with E-state index in [1.54, 1.807) is 11.3 Å². The lowest BCUT2D eigenvalue weighted by Gasteiger charge is -2.04. The molecule has 0 saturated carbocycles. The molecule has 112 valence electrons. The normalized spacial score (nSPS) is 11.3. The van der Waals surface area contributed by atoms with Crippen LogP contribution in [0.15, 0.2) is 48.5 Å². The van der Waals surface area contributed by atoms with Gasteiger partial charge in [-0.05, 0) is 42.3 Å². The van der Waals surface area contributed by atoms with Gasteiger partial charge in [-0.25, -0.2) is 4.98 Å². The van der Waals surface area contributed by atoms with Crippen LogP contribution in [0, 0.1) is 0 Å². The summed E-state index contributed by atoms with van der Waals surface area (Å²) in [6.07, 6.45) is 4.98. The van der Waals surface area contributed by atoms with Crippen molar-refractivity contribution in [1.29, 1.82) is 0 Å². The summed E-state index contributed by atoms with van der Waals surface area (Å²) in [4.78, 5) is 4.59. The Bertz CT molecular complexity index is 731. The summed E-state index contributed by atoms with van der Waals surface area (Å²) in [6, 6.07) is 16.2. The fourth-order valence-corrected chi connectivity index (χ4v) is 3.03. The van der Waals surface area contributed by atoms with Gasteiger partial charge < -0.3 is 4.74 Å². The molecule has 3 rings (SSSR count). The van der Waals surface area contributed by atoms with Crippen LogP contribution < -0.4 is 4.74 Å². The minimum Gasteiger partial charge on any atom is -0.494 e. The lowest BCUT2D eigenvalue weighted by molar-refractivity contribution is 0.318. The number of ether oxygens (including phenoxy) is 1. The first-order valence-electron chi connectivity index (χ1n) is 7.17. The highest BCUT2D eigenvalue weighted by atomic mass is 35.5. The number of fused-ring (bicyclic) bond motifs is 1. The molecule has 3 aromatic rings. The fraction of sp³-hybridized carbons (Fsp3) is 0.167. The number of halogens is 1. The molecule has 0 amide bonds. The van der Waals surface area contributed by atoms with Gasteiger partial charge in [0.25, 0.3) is 0 Å². The average molecular weight is 330 g/mol. The second kappa shape index (κ2) is 7.43. The summed E-state index contributed by atoms with van der Waals surface area (Å²) in [7, 11) is 0. The van der Waals surface area contributed by atoms with E-state index in [4.69, 9.17) is 16.3 Å². The molecule has 0 bridgehead atoms. The van der Waals surface area contributed by atoms with Gasteiger partial charge in [0, 0.05) is 5.88 Å². The summed E-state index contributed by atoms with van der Waals surface area (Å²) >= 11 is 7.33. The summed E-state index contributed by atoms with van der Waals surface area (Å²) in [5.41, 5.74) is 2.18. The maximum atomic E-state index is 5.63. The van der Waals surface area contributed by atoms with E-state index >= 15 is 0 Å². The zero-order valence-corrected chi connectivity index (χ0v) is 13.6. The molecule has 0 saturated heterocycles. The van der Waals surface area contributed by atoms with Gasteiger partial charge in [0.15, 0.2) is 0 Å². The van der Waals surface area contributed by atoms with Crippen molar-refractivity contribution in [2.45, 2.75) is 6.42 Å². The highest BCUT2D eigenvalue weighted by Crippen LogP contribution is 2.23. The van der Waals surface area contributed by atoms with Gasteiger partial charge >= 0.3 is 0 Å². The van der Waals surface area contributed by atoms with Gasteiger partial charge in [-0.3, -0.25) is 0 Å². The predicted octanol–water partition coefficient (Wildman–Crippen LogP) is 5.47. The van der Waals surface area contributed by atoms with Crippen molar-refractivity contribution >= 4 is 45.3 Å². The van der Waals surface area contributed by atoms with Crippen molar-refractivity contribution in [3.05, 3.63) is 59.1 Å². The van der Waals surface area contributed by atoms with Gasteiger partial charge in [0.2, 0.25) is 0 Å². The van der Waals surface area contributed by atoms with E-state index < -0.39 is 0 Å². The Morgan fingerprint density at radius 2 is 1.86 bits per heavy atom. The number of thiazole rings is 1. The first-order chi connectivity index (χ1) is 10.8. The molecule has 0 radical (unpaired) electrons. The van der Waals surface area contributed by atoms with Crippen LogP contribution >= 0.6 is 22.9 Å². The molecule has 22 heavy (non-hydrogen) atoms. The summed E-state index contributed by atoms with van der Waals surface area (Å²) in [6.45, 7) is 0.657. The number of aromatic nitrogens is 1. The van der Waals surface area contributed by atoms with Crippen LogP contribution in [-0.4, -0.2) is 17.5 Å². The molecule has 0 aliphatic rings. The Hall–Kier alpha value is -1.84. The van der Waals surface area contributed by atoms with E-state index in [-0.39, 0.29) is 0 Å². The van der Waals surface area contributed by atoms with Crippen molar-refractivity contribution in [3.63, 3.8) is 0 Å². The number of alkyl halides is 1. The Balaban J connectivity index is 1.67. The van der Waals surface area contributed by atoms with Gasteiger partial charge in [-0.15, -0.1) is 22.9 Å². The molecule has 0 aliphatic carbocycles. The van der Waals surface area contributed by atoms with Gasteiger partial charge in [-0.2, -0.15) is 0 Å². The van der Waals surface area contributed by atoms with Crippen LogP contribution in [0.3, 0.4) is 0 Å². The van der Waals surface area contributed by atoms with Gasteiger partial charge in [-0.1, -0.05) is 30.3 Å². The first-order valence-corrected chi connectivity index (χ1v) is 8.53. The molecule has 0 spiro atoms. The smallest absolute Gasteiger partial charge is 0.119 e. The van der Waals surface area contributed by atoms with Crippen LogP contribution in [0.2, 0.25) is 0 Å². The third kappa shape index (κ3) is 3.87. The van der Waals surface area contributed by atoms with Crippen molar-refractivity contribution in [2.24, 2.45) is 0 Å². The molecule has 1 aromatic heterocycles. The number of rotatable bonds is 6. The maximum absolute atomic E-state index is 5.63. The fourth-order valence-electron chi connectivity index (χ4n) is 2.05. The molecular weight excluding hydrogens is 314 g/mol. The summed E-state index contributed by atoms with van der Waals surface area (Å²) in [5.74, 6) is 1.51. The Morgan fingerprint density at radius 1 is 1.05 bits per heavy atom. The Kier molecular flexibility index (Phi) is 5.09. The SMILES string of the molecule is ClCCCOc1ccc(C=Cc2nc3ccccc3s2)cc1. The average Bonchev–Trinajstić information content (AvgIpc) is 2.97. The lowest BCUT2D eigenvalue weighted by atomic mass is 10.2. The number of nitrogens with zero attached hydrogens (tertiary/aromatic N) is 1. The molecule has 0 unspecified atom stereocenters. The van der Waals surface area contributed by atoms with E-state index in [0.29, 0.717) is 12.5 Å². The van der Waals surface area contributed by atoms with Gasteiger partial charge in [0.1, 0.15) is 10.8 Å². The standard InChI is InChI=1S/C18H16ClNOS/c19-12-3-13-21-15-9-6-14(7-10-15)8-11-18-20-16-4-1-2-5-17(16)22-18/h1-2,4-11H,3,12-13H2. The number of hydrogen-bond donors (Lipinski definition) is 0. The Morgan fingerprint density at radius 3 is 2.64 bits per heavy atom. The quantitative estimate of drug-likeness (QED) is 0.441. The molecule has 0 atom stereocenters. The second-order valence-electron chi connectivity index (χ2n) is 4.81. The molecule has 2 aromatic carbocycles. The topological polar surface area (TPSA) is 22.1 Å². The van der Waals surface area contributed by atoms with Gasteiger partial charge in [0.05, 0.1) is 16.8 Å². The second-order valence-corrected chi connectivity index (χ2v) is 6.25. The maximum Gasteiger partial charge on any atom is 0.119 e. The van der Waals surface area contributed by atoms with Crippen LogP contribution in [-0.2, 0) is 0 Å². The van der Waals surface area contributed by atoms with Crippen molar-refractivity contribution in [1.82, 2.24) is 4.98 Å². The highest BCUT2D eigenvalue weighted by molar-refractivity contribution is 7.19. The van der Waals surface area contributed by atoms with Crippen molar-refractivity contribution in [2.75, 3.05) is 12.5 Å². The number of para-hydroxylation sites is 1. The summed E-state index contributed by atoms with van der Waals surface area (Å²) < 4.78 is 6.80. The minimum atomic E-state index is 0.628. The van der Waals surface area contributed by atoms with Crippen LogP contribution in [0.1, 0.15) is 17.0 Å². The zero-order valence-electron chi connectivity index (χ0n) is 12.0. The van der Waals surface area contributed by atoms with E-state index in [9.17, 15) is 0 Å². The number of hydrogen-bond acceptors (Lipinski definition) is 3. The van der Waals surface area contributed by atoms with E-state index in [1.807, 2.05) is 48.5 Å². The molecule has 4 heteroatoms. The molecular formula is C18H16ClNOS. The third-order valence-electron chi connectivity index (χ3n) is 3.16. The lowest BCUT2D eigenvalue weighted by Crippen LogP contribution is -1.97. The Labute approximate surface area is 139 Å². The third-order valence-corrected chi connectivity index (χ3v) is 4.42. The van der Waals surface area contributed by atoms with Crippen LogP contribution in [0.25, 0.3) is 22.4 Å². The molecule has 0 N–H and O–H groups in total. The van der Waals surface area contributed by atoms with E-state index in [2.05, 4.69) is 17.1 Å². The monoisotopic (exact) mass is 329 g/mol. The predicted molar refractivity (Wildman–Crippen MR) is 95.8 cm³/mol.